The van der Waals surface area contributed by atoms with Crippen molar-refractivity contribution in [2.24, 2.45) is 0 Å². The summed E-state index contributed by atoms with van der Waals surface area (Å²) in [7, 11) is -1.72. The predicted octanol–water partition coefficient (Wildman–Crippen LogP) is -0.137. The van der Waals surface area contributed by atoms with Crippen LogP contribution in [0, 0.1) is 0 Å². The average Bonchev–Trinajstić information content (AvgIpc) is 2.38. The molecule has 0 atom stereocenters. The molecule has 20 heavy (non-hydrogen) atoms. The highest BCUT2D eigenvalue weighted by Crippen LogP contribution is 1.98. The molecule has 0 saturated carbocycles. The van der Waals surface area contributed by atoms with Crippen LogP contribution in [0.3, 0.4) is 0 Å². The number of halogens is 1. The molecule has 6 nitrogen and oxygen atoms in total. The van der Waals surface area contributed by atoms with Crippen molar-refractivity contribution in [1.82, 2.24) is 15.4 Å². The monoisotopic (exact) mass is 321 g/mol. The van der Waals surface area contributed by atoms with Gasteiger partial charge >= 0.3 is 0 Å². The van der Waals surface area contributed by atoms with Gasteiger partial charge in [-0.2, -0.15) is 0 Å². The Morgan fingerprint density at radius 1 is 1.20 bits per heavy atom. The molecule has 0 fully saturated rings. The van der Waals surface area contributed by atoms with Gasteiger partial charge in [-0.1, -0.05) is 30.3 Å². The molecule has 114 valence electrons. The normalized spacial score (nSPS) is 10.7. The van der Waals surface area contributed by atoms with E-state index in [2.05, 4.69) is 15.4 Å². The Kier molecular flexibility index (Phi) is 9.15. The van der Waals surface area contributed by atoms with Crippen molar-refractivity contribution in [3.05, 3.63) is 35.9 Å². The zero-order valence-corrected chi connectivity index (χ0v) is 12.9. The number of nitrogens with one attached hydrogen (secondary N) is 3. The highest BCUT2D eigenvalue weighted by Gasteiger charge is 2.10. The molecule has 1 aromatic rings. The molecule has 0 spiro atoms. The van der Waals surface area contributed by atoms with E-state index < -0.39 is 10.0 Å². The van der Waals surface area contributed by atoms with Crippen LogP contribution < -0.4 is 15.4 Å². The Hall–Kier alpha value is -1.15. The number of carbonyl (C=O) groups excluding carboxylic acids is 1. The molecular formula is C12H20ClN3O3S. The van der Waals surface area contributed by atoms with Crippen molar-refractivity contribution < 1.29 is 13.2 Å². The first-order chi connectivity index (χ1) is 9.03. The van der Waals surface area contributed by atoms with Crippen LogP contribution in [-0.4, -0.2) is 40.2 Å². The van der Waals surface area contributed by atoms with Crippen LogP contribution in [0.4, 0.5) is 0 Å². The van der Waals surface area contributed by atoms with Gasteiger partial charge in [0.15, 0.2) is 0 Å². The zero-order chi connectivity index (χ0) is 14.1. The molecule has 1 aromatic carbocycles. The van der Waals surface area contributed by atoms with Crippen LogP contribution in [-0.2, 0) is 21.4 Å². The highest BCUT2D eigenvalue weighted by molar-refractivity contribution is 7.89. The van der Waals surface area contributed by atoms with Crippen LogP contribution in [0.5, 0.6) is 0 Å². The smallest absolute Gasteiger partial charge is 0.233 e. The molecule has 0 bridgehead atoms. The van der Waals surface area contributed by atoms with Gasteiger partial charge in [-0.3, -0.25) is 4.79 Å². The minimum atomic E-state index is -3.38. The van der Waals surface area contributed by atoms with Crippen LogP contribution in [0.25, 0.3) is 0 Å². The number of amides is 1. The summed E-state index contributed by atoms with van der Waals surface area (Å²) in [5.41, 5.74) is 0.894. The Labute approximate surface area is 125 Å². The fraction of sp³-hybridized carbons (Fsp3) is 0.417. The van der Waals surface area contributed by atoms with Gasteiger partial charge in [-0.15, -0.1) is 12.4 Å². The fourth-order valence-corrected chi connectivity index (χ4v) is 2.31. The maximum Gasteiger partial charge on any atom is 0.233 e. The summed E-state index contributed by atoms with van der Waals surface area (Å²) in [5, 5.41) is 5.20. The number of rotatable bonds is 8. The lowest BCUT2D eigenvalue weighted by molar-refractivity contribution is -0.120. The van der Waals surface area contributed by atoms with Gasteiger partial charge in [0.25, 0.3) is 0 Å². The molecule has 0 aliphatic heterocycles. The third-order valence-corrected chi connectivity index (χ3v) is 3.70. The average molecular weight is 322 g/mol. The number of carbonyl (C=O) groups is 1. The lowest BCUT2D eigenvalue weighted by Gasteiger charge is -2.08. The van der Waals surface area contributed by atoms with Gasteiger partial charge in [0.1, 0.15) is 0 Å². The van der Waals surface area contributed by atoms with E-state index in [1.165, 1.54) is 0 Å². The van der Waals surface area contributed by atoms with E-state index in [1.807, 2.05) is 30.3 Å². The van der Waals surface area contributed by atoms with Gasteiger partial charge in [-0.25, -0.2) is 13.1 Å². The number of benzene rings is 1. The molecule has 1 rings (SSSR count). The molecule has 3 N–H and O–H groups in total. The van der Waals surface area contributed by atoms with E-state index >= 15 is 0 Å². The summed E-state index contributed by atoms with van der Waals surface area (Å²) in [6.07, 6.45) is 0. The lowest BCUT2D eigenvalue weighted by Crippen LogP contribution is -2.37. The van der Waals surface area contributed by atoms with Crippen LogP contribution >= 0.6 is 12.4 Å². The maximum atomic E-state index is 11.7. The lowest BCUT2D eigenvalue weighted by atomic mass is 10.2. The molecular weight excluding hydrogens is 302 g/mol. The molecule has 0 aliphatic rings. The third-order valence-electron chi connectivity index (χ3n) is 2.37. The molecule has 1 amide bonds. The number of hydrogen-bond donors (Lipinski definition) is 3. The summed E-state index contributed by atoms with van der Waals surface area (Å²) in [4.78, 5) is 11.1. The minimum Gasteiger partial charge on any atom is -0.354 e. The third kappa shape index (κ3) is 8.11. The Bertz CT molecular complexity index is 494. The van der Waals surface area contributed by atoms with Crippen molar-refractivity contribution >= 4 is 28.3 Å². The maximum absolute atomic E-state index is 11.7. The van der Waals surface area contributed by atoms with E-state index in [9.17, 15) is 13.2 Å². The summed E-state index contributed by atoms with van der Waals surface area (Å²) in [6, 6.07) is 9.26. The van der Waals surface area contributed by atoms with E-state index in [0.717, 1.165) is 5.56 Å². The molecule has 8 heteroatoms. The molecule has 0 saturated heterocycles. The zero-order valence-electron chi connectivity index (χ0n) is 11.3. The van der Waals surface area contributed by atoms with Gasteiger partial charge in [0.05, 0.1) is 12.3 Å². The number of likely N-dealkylation sites (N-methyl/N-ethyl adjacent to an activating group) is 1. The van der Waals surface area contributed by atoms with E-state index in [1.54, 1.807) is 7.05 Å². The highest BCUT2D eigenvalue weighted by atomic mass is 35.5. The Morgan fingerprint density at radius 3 is 2.45 bits per heavy atom. The first kappa shape index (κ1) is 18.9. The van der Waals surface area contributed by atoms with Gasteiger partial charge in [0, 0.05) is 13.1 Å². The van der Waals surface area contributed by atoms with Crippen molar-refractivity contribution in [2.45, 2.75) is 6.54 Å². The fourth-order valence-electron chi connectivity index (χ4n) is 1.41. The first-order valence-corrected chi connectivity index (χ1v) is 7.61. The standard InChI is InChI=1S/C12H19N3O3S.ClH/c1-13-10-12(16)14-7-8-19(17,18)15-9-11-5-3-2-4-6-11;/h2-6,13,15H,7-10H2,1H3,(H,14,16);1H. The van der Waals surface area contributed by atoms with Crippen molar-refractivity contribution in [3.63, 3.8) is 0 Å². The second-order valence-corrected chi connectivity index (χ2v) is 5.93. The number of hydrogen-bond acceptors (Lipinski definition) is 4. The van der Waals surface area contributed by atoms with Crippen molar-refractivity contribution in [2.75, 3.05) is 25.9 Å². The minimum absolute atomic E-state index is 0. The van der Waals surface area contributed by atoms with Crippen LogP contribution in [0.2, 0.25) is 0 Å². The number of sulfonamides is 1. The topological polar surface area (TPSA) is 87.3 Å². The van der Waals surface area contributed by atoms with Gasteiger partial charge in [0.2, 0.25) is 15.9 Å². The Morgan fingerprint density at radius 2 is 1.85 bits per heavy atom. The molecule has 0 radical (unpaired) electrons. The SMILES string of the molecule is CNCC(=O)NCCS(=O)(=O)NCc1ccccc1.Cl. The molecule has 0 aliphatic carbocycles. The second kappa shape index (κ2) is 9.71. The van der Waals surface area contributed by atoms with E-state index in [4.69, 9.17) is 0 Å². The van der Waals surface area contributed by atoms with E-state index in [0.29, 0.717) is 0 Å². The van der Waals surface area contributed by atoms with E-state index in [-0.39, 0.29) is 43.7 Å². The second-order valence-electron chi connectivity index (χ2n) is 4.01. The van der Waals surface area contributed by atoms with Crippen molar-refractivity contribution in [3.8, 4) is 0 Å². The van der Waals surface area contributed by atoms with Gasteiger partial charge in [-0.05, 0) is 12.6 Å². The molecule has 0 aromatic heterocycles. The first-order valence-electron chi connectivity index (χ1n) is 5.96. The summed E-state index contributed by atoms with van der Waals surface area (Å²) < 4.78 is 25.8. The quantitative estimate of drug-likeness (QED) is 0.622. The predicted molar refractivity (Wildman–Crippen MR) is 81.3 cm³/mol. The molecule has 0 unspecified atom stereocenters. The molecule has 0 heterocycles. The van der Waals surface area contributed by atoms with Crippen LogP contribution in [0.1, 0.15) is 5.56 Å². The summed E-state index contributed by atoms with van der Waals surface area (Å²) in [6.45, 7) is 0.537. The summed E-state index contributed by atoms with van der Waals surface area (Å²) in [5.74, 6) is -0.351. The van der Waals surface area contributed by atoms with Gasteiger partial charge < -0.3 is 10.6 Å². The Balaban J connectivity index is 0.00000361. The van der Waals surface area contributed by atoms with Crippen molar-refractivity contribution in [1.29, 1.82) is 0 Å². The van der Waals surface area contributed by atoms with Crippen LogP contribution in [0.15, 0.2) is 30.3 Å². The largest absolute Gasteiger partial charge is 0.354 e. The summed E-state index contributed by atoms with van der Waals surface area (Å²) >= 11 is 0.